The number of rotatable bonds is 6. The molecule has 5 nitrogen and oxygen atoms in total. The normalized spacial score (nSPS) is 18.0. The number of carbonyl (C=O) groups is 2. The molecule has 1 aliphatic heterocycles. The first kappa shape index (κ1) is 20.8. The molecule has 31 heavy (non-hydrogen) atoms. The van der Waals surface area contributed by atoms with Crippen LogP contribution in [0.25, 0.3) is 11.1 Å². The summed E-state index contributed by atoms with van der Waals surface area (Å²) in [6.07, 6.45) is 4.47. The molecule has 0 saturated carbocycles. The van der Waals surface area contributed by atoms with Gasteiger partial charge in [-0.25, -0.2) is 0 Å². The van der Waals surface area contributed by atoms with Crippen LogP contribution in [-0.2, 0) is 11.2 Å². The summed E-state index contributed by atoms with van der Waals surface area (Å²) in [6, 6.07) is 22.1. The Balaban J connectivity index is 1.59. The summed E-state index contributed by atoms with van der Waals surface area (Å²) in [5.41, 5.74) is 3.30. The summed E-state index contributed by atoms with van der Waals surface area (Å²) >= 11 is 0. The Bertz CT molecular complexity index is 1050. The van der Waals surface area contributed by atoms with E-state index in [1.165, 1.54) is 0 Å². The third-order valence-electron chi connectivity index (χ3n) is 5.95. The van der Waals surface area contributed by atoms with Crippen LogP contribution in [-0.4, -0.2) is 41.3 Å². The SMILES string of the molecule is CCNC(=O)[C@]1(Cc2cccc(-c3ccccc3)c2)CCN(C(=O)c2cccnc2)C1. The molecular weight excluding hydrogens is 386 g/mol. The quantitative estimate of drug-likeness (QED) is 0.665. The van der Waals surface area contributed by atoms with Gasteiger partial charge in [-0.3, -0.25) is 14.6 Å². The molecule has 2 amide bonds. The minimum absolute atomic E-state index is 0.0154. The molecule has 1 atom stereocenters. The summed E-state index contributed by atoms with van der Waals surface area (Å²) < 4.78 is 0. The third-order valence-corrected chi connectivity index (χ3v) is 5.95. The second-order valence-electron chi connectivity index (χ2n) is 8.10. The van der Waals surface area contributed by atoms with E-state index >= 15 is 0 Å². The zero-order valence-electron chi connectivity index (χ0n) is 17.8. The molecular formula is C26H27N3O2. The van der Waals surface area contributed by atoms with Crippen molar-refractivity contribution in [3.63, 3.8) is 0 Å². The number of benzene rings is 2. The van der Waals surface area contributed by atoms with Gasteiger partial charge in [0.05, 0.1) is 11.0 Å². The molecule has 2 heterocycles. The predicted octanol–water partition coefficient (Wildman–Crippen LogP) is 3.96. The standard InChI is InChI=1S/C26H27N3O2/c1-2-28-25(31)26(13-15-29(19-26)24(30)23-12-7-14-27-18-23)17-20-8-6-11-22(16-20)21-9-4-3-5-10-21/h3-12,14,16,18H,2,13,15,17,19H2,1H3,(H,28,31)/t26-/m0/s1. The number of aromatic nitrogens is 1. The number of carbonyl (C=O) groups excluding carboxylic acids is 2. The molecule has 1 aromatic heterocycles. The maximum atomic E-state index is 13.2. The van der Waals surface area contributed by atoms with Crippen LogP contribution in [0.5, 0.6) is 0 Å². The fourth-order valence-electron chi connectivity index (χ4n) is 4.36. The van der Waals surface area contributed by atoms with Crippen LogP contribution in [0.4, 0.5) is 0 Å². The molecule has 5 heteroatoms. The van der Waals surface area contributed by atoms with Crippen LogP contribution >= 0.6 is 0 Å². The topological polar surface area (TPSA) is 62.3 Å². The van der Waals surface area contributed by atoms with Gasteiger partial charge in [0.15, 0.2) is 0 Å². The second kappa shape index (κ2) is 9.13. The summed E-state index contributed by atoms with van der Waals surface area (Å²) in [5, 5.41) is 3.00. The summed E-state index contributed by atoms with van der Waals surface area (Å²) in [5.74, 6) is -0.0566. The number of likely N-dealkylation sites (tertiary alicyclic amines) is 1. The summed E-state index contributed by atoms with van der Waals surface area (Å²) in [6.45, 7) is 3.46. The van der Waals surface area contributed by atoms with Gasteiger partial charge in [-0.05, 0) is 48.6 Å². The molecule has 0 aliphatic carbocycles. The average Bonchev–Trinajstić information content (AvgIpc) is 3.25. The van der Waals surface area contributed by atoms with Crippen molar-refractivity contribution in [2.45, 2.75) is 19.8 Å². The zero-order valence-corrected chi connectivity index (χ0v) is 17.8. The molecule has 1 aliphatic rings. The fraction of sp³-hybridized carbons (Fsp3) is 0.269. The van der Waals surface area contributed by atoms with Gasteiger partial charge in [-0.1, -0.05) is 54.6 Å². The predicted molar refractivity (Wildman–Crippen MR) is 121 cm³/mol. The highest BCUT2D eigenvalue weighted by Gasteiger charge is 2.45. The van der Waals surface area contributed by atoms with Gasteiger partial charge in [0.25, 0.3) is 5.91 Å². The van der Waals surface area contributed by atoms with Crippen LogP contribution in [0.15, 0.2) is 79.1 Å². The van der Waals surface area contributed by atoms with Crippen molar-refractivity contribution in [3.05, 3.63) is 90.3 Å². The van der Waals surface area contributed by atoms with Crippen LogP contribution < -0.4 is 5.32 Å². The van der Waals surface area contributed by atoms with Gasteiger partial charge >= 0.3 is 0 Å². The first-order valence-electron chi connectivity index (χ1n) is 10.7. The molecule has 158 valence electrons. The molecule has 1 saturated heterocycles. The van der Waals surface area contributed by atoms with E-state index in [0.29, 0.717) is 38.0 Å². The van der Waals surface area contributed by atoms with E-state index in [4.69, 9.17) is 0 Å². The number of nitrogens with zero attached hydrogens (tertiary/aromatic N) is 2. The number of hydrogen-bond acceptors (Lipinski definition) is 3. The van der Waals surface area contributed by atoms with Crippen LogP contribution in [0.2, 0.25) is 0 Å². The minimum atomic E-state index is -0.636. The van der Waals surface area contributed by atoms with E-state index in [9.17, 15) is 9.59 Å². The Morgan fingerprint density at radius 1 is 1.03 bits per heavy atom. The van der Waals surface area contributed by atoms with E-state index < -0.39 is 5.41 Å². The minimum Gasteiger partial charge on any atom is -0.356 e. The van der Waals surface area contributed by atoms with E-state index in [-0.39, 0.29) is 11.8 Å². The molecule has 0 bridgehead atoms. The van der Waals surface area contributed by atoms with E-state index in [1.54, 1.807) is 29.4 Å². The molecule has 0 unspecified atom stereocenters. The molecule has 1 N–H and O–H groups in total. The average molecular weight is 414 g/mol. The second-order valence-corrected chi connectivity index (χ2v) is 8.10. The number of pyridine rings is 1. The highest BCUT2D eigenvalue weighted by molar-refractivity contribution is 5.95. The lowest BCUT2D eigenvalue weighted by atomic mass is 9.79. The molecule has 3 aromatic rings. The lowest BCUT2D eigenvalue weighted by Gasteiger charge is -2.28. The summed E-state index contributed by atoms with van der Waals surface area (Å²) in [4.78, 5) is 32.0. The lowest BCUT2D eigenvalue weighted by Crippen LogP contribution is -2.45. The number of nitrogens with one attached hydrogen (secondary N) is 1. The Labute approximate surface area is 183 Å². The van der Waals surface area contributed by atoms with Crippen LogP contribution in [0.1, 0.15) is 29.3 Å². The Morgan fingerprint density at radius 2 is 1.84 bits per heavy atom. The highest BCUT2D eigenvalue weighted by atomic mass is 16.2. The van der Waals surface area contributed by atoms with Gasteiger partial charge < -0.3 is 10.2 Å². The van der Waals surface area contributed by atoms with Crippen molar-refractivity contribution in [3.8, 4) is 11.1 Å². The first-order valence-corrected chi connectivity index (χ1v) is 10.7. The van der Waals surface area contributed by atoms with Gasteiger partial charge in [-0.2, -0.15) is 0 Å². The maximum Gasteiger partial charge on any atom is 0.255 e. The van der Waals surface area contributed by atoms with Crippen molar-refractivity contribution in [2.24, 2.45) is 5.41 Å². The highest BCUT2D eigenvalue weighted by Crippen LogP contribution is 2.36. The molecule has 0 radical (unpaired) electrons. The molecule has 0 spiro atoms. The van der Waals surface area contributed by atoms with Crippen LogP contribution in [0.3, 0.4) is 0 Å². The fourth-order valence-corrected chi connectivity index (χ4v) is 4.36. The summed E-state index contributed by atoms with van der Waals surface area (Å²) in [7, 11) is 0. The van der Waals surface area contributed by atoms with Gasteiger partial charge in [0.2, 0.25) is 5.91 Å². The van der Waals surface area contributed by atoms with Crippen molar-refractivity contribution < 1.29 is 9.59 Å². The number of amides is 2. The Kier molecular flexibility index (Phi) is 6.12. The molecule has 4 rings (SSSR count). The largest absolute Gasteiger partial charge is 0.356 e. The molecule has 2 aromatic carbocycles. The number of hydrogen-bond donors (Lipinski definition) is 1. The Morgan fingerprint density at radius 3 is 2.58 bits per heavy atom. The van der Waals surface area contributed by atoms with Gasteiger partial charge in [-0.15, -0.1) is 0 Å². The van der Waals surface area contributed by atoms with Crippen molar-refractivity contribution >= 4 is 11.8 Å². The smallest absolute Gasteiger partial charge is 0.255 e. The monoisotopic (exact) mass is 413 g/mol. The van der Waals surface area contributed by atoms with E-state index in [0.717, 1.165) is 16.7 Å². The van der Waals surface area contributed by atoms with Gasteiger partial charge in [0.1, 0.15) is 0 Å². The zero-order chi connectivity index (χ0) is 21.7. The van der Waals surface area contributed by atoms with E-state index in [1.807, 2.05) is 31.2 Å². The molecule has 1 fully saturated rings. The van der Waals surface area contributed by atoms with Crippen molar-refractivity contribution in [1.82, 2.24) is 15.2 Å². The maximum absolute atomic E-state index is 13.2. The van der Waals surface area contributed by atoms with E-state index in [2.05, 4.69) is 40.6 Å². The Hall–Kier alpha value is -3.47. The van der Waals surface area contributed by atoms with Gasteiger partial charge in [0, 0.05) is 32.0 Å². The lowest BCUT2D eigenvalue weighted by molar-refractivity contribution is -0.130. The van der Waals surface area contributed by atoms with Crippen molar-refractivity contribution in [2.75, 3.05) is 19.6 Å². The first-order chi connectivity index (χ1) is 15.1. The van der Waals surface area contributed by atoms with Crippen LogP contribution in [0, 0.1) is 5.41 Å². The third kappa shape index (κ3) is 4.50. The van der Waals surface area contributed by atoms with Crippen molar-refractivity contribution in [1.29, 1.82) is 0 Å².